The summed E-state index contributed by atoms with van der Waals surface area (Å²) in [5.74, 6) is 0.00156. The van der Waals surface area contributed by atoms with Crippen molar-refractivity contribution in [3.05, 3.63) is 54.1 Å². The molecule has 2 aromatic rings. The first-order valence-corrected chi connectivity index (χ1v) is 5.94. The second-order valence-electron chi connectivity index (χ2n) is 4.41. The van der Waals surface area contributed by atoms with E-state index in [9.17, 15) is 9.90 Å². The van der Waals surface area contributed by atoms with Crippen LogP contribution >= 0.6 is 0 Å². The molecule has 1 amide bonds. The number of aromatic hydroxyl groups is 1. The Morgan fingerprint density at radius 3 is 2.32 bits per heavy atom. The number of amides is 1. The van der Waals surface area contributed by atoms with Gasteiger partial charge < -0.3 is 15.3 Å². The molecular weight excluding hydrogens is 240 g/mol. The third-order valence-electron chi connectivity index (χ3n) is 2.76. The summed E-state index contributed by atoms with van der Waals surface area (Å²) in [4.78, 5) is 14.1. The number of carbonyl (C=O) groups is 1. The first-order valence-electron chi connectivity index (χ1n) is 5.94. The molecule has 0 saturated carbocycles. The van der Waals surface area contributed by atoms with Crippen molar-refractivity contribution in [1.82, 2.24) is 0 Å². The quantitative estimate of drug-likeness (QED) is 0.830. The summed E-state index contributed by atoms with van der Waals surface area (Å²) in [5.41, 5.74) is 2.12. The maximum atomic E-state index is 12.2. The number of rotatable bonds is 3. The second kappa shape index (κ2) is 5.44. The van der Waals surface area contributed by atoms with Crippen LogP contribution in [0.25, 0.3) is 0 Å². The van der Waals surface area contributed by atoms with E-state index in [1.165, 1.54) is 12.1 Å². The molecule has 2 aromatic carbocycles. The summed E-state index contributed by atoms with van der Waals surface area (Å²) in [6.07, 6.45) is 0. The van der Waals surface area contributed by atoms with E-state index in [0.29, 0.717) is 11.3 Å². The highest BCUT2D eigenvalue weighted by molar-refractivity contribution is 6.08. The van der Waals surface area contributed by atoms with Crippen molar-refractivity contribution in [1.29, 1.82) is 0 Å². The Bertz CT molecular complexity index is 577. The molecule has 2 N–H and O–H groups in total. The van der Waals surface area contributed by atoms with Gasteiger partial charge in [-0.2, -0.15) is 0 Å². The Balaban J connectivity index is 2.23. The normalized spacial score (nSPS) is 10.0. The Labute approximate surface area is 112 Å². The van der Waals surface area contributed by atoms with Crippen molar-refractivity contribution in [3.8, 4) is 5.75 Å². The van der Waals surface area contributed by atoms with E-state index in [2.05, 4.69) is 5.32 Å². The average molecular weight is 256 g/mol. The molecule has 0 saturated heterocycles. The third kappa shape index (κ3) is 3.04. The lowest BCUT2D eigenvalue weighted by molar-refractivity contribution is 0.102. The van der Waals surface area contributed by atoms with Crippen molar-refractivity contribution in [2.24, 2.45) is 0 Å². The van der Waals surface area contributed by atoms with Crippen molar-refractivity contribution in [2.45, 2.75) is 0 Å². The first-order chi connectivity index (χ1) is 9.08. The zero-order chi connectivity index (χ0) is 13.8. The van der Waals surface area contributed by atoms with Gasteiger partial charge in [0.1, 0.15) is 5.75 Å². The van der Waals surface area contributed by atoms with Gasteiger partial charge in [-0.15, -0.1) is 0 Å². The number of phenolic OH excluding ortho intramolecular Hbond substituents is 1. The molecule has 0 aliphatic carbocycles. The van der Waals surface area contributed by atoms with Gasteiger partial charge in [0, 0.05) is 25.5 Å². The largest absolute Gasteiger partial charge is 0.508 e. The van der Waals surface area contributed by atoms with E-state index in [1.54, 1.807) is 18.2 Å². The van der Waals surface area contributed by atoms with Crippen molar-refractivity contribution in [2.75, 3.05) is 24.3 Å². The van der Waals surface area contributed by atoms with E-state index >= 15 is 0 Å². The minimum absolute atomic E-state index is 0.171. The fourth-order valence-corrected chi connectivity index (χ4v) is 1.80. The van der Waals surface area contributed by atoms with Crippen LogP contribution in [0, 0.1) is 0 Å². The summed E-state index contributed by atoms with van der Waals surface area (Å²) < 4.78 is 0. The zero-order valence-electron chi connectivity index (χ0n) is 10.9. The monoisotopic (exact) mass is 256 g/mol. The number of phenols is 1. The number of nitrogens with one attached hydrogen (secondary N) is 1. The van der Waals surface area contributed by atoms with Crippen LogP contribution < -0.4 is 10.2 Å². The predicted octanol–water partition coefficient (Wildman–Crippen LogP) is 2.71. The molecule has 0 aliphatic rings. The number of benzene rings is 2. The number of carbonyl (C=O) groups excluding carboxylic acids is 1. The number of para-hydroxylation sites is 1. The van der Waals surface area contributed by atoms with Crippen molar-refractivity contribution >= 4 is 17.3 Å². The standard InChI is InChI=1S/C15H16N2O2/c1-17(2)14-6-4-3-5-13(14)15(19)16-11-7-9-12(18)10-8-11/h3-10,18H,1-2H3,(H,16,19). The lowest BCUT2D eigenvalue weighted by Crippen LogP contribution is -2.18. The van der Waals surface area contributed by atoms with E-state index in [1.807, 2.05) is 37.2 Å². The summed E-state index contributed by atoms with van der Waals surface area (Å²) >= 11 is 0. The van der Waals surface area contributed by atoms with Gasteiger partial charge >= 0.3 is 0 Å². The van der Waals surface area contributed by atoms with Gasteiger partial charge in [-0.05, 0) is 36.4 Å². The Morgan fingerprint density at radius 1 is 1.05 bits per heavy atom. The van der Waals surface area contributed by atoms with Crippen LogP contribution in [0.4, 0.5) is 11.4 Å². The van der Waals surface area contributed by atoms with Crippen LogP contribution in [0.5, 0.6) is 5.75 Å². The Kier molecular flexibility index (Phi) is 3.71. The summed E-state index contributed by atoms with van der Waals surface area (Å²) in [7, 11) is 3.79. The van der Waals surface area contributed by atoms with E-state index in [-0.39, 0.29) is 11.7 Å². The number of nitrogens with zero attached hydrogens (tertiary/aromatic N) is 1. The molecule has 0 fully saturated rings. The molecule has 19 heavy (non-hydrogen) atoms. The Morgan fingerprint density at radius 2 is 1.68 bits per heavy atom. The van der Waals surface area contributed by atoms with Crippen molar-refractivity contribution in [3.63, 3.8) is 0 Å². The van der Waals surface area contributed by atoms with Gasteiger partial charge in [0.05, 0.1) is 5.56 Å². The molecule has 0 radical (unpaired) electrons. The summed E-state index contributed by atoms with van der Waals surface area (Å²) in [5, 5.41) is 12.0. The molecule has 0 aliphatic heterocycles. The fraction of sp³-hybridized carbons (Fsp3) is 0.133. The molecule has 0 unspecified atom stereocenters. The smallest absolute Gasteiger partial charge is 0.257 e. The molecule has 0 aromatic heterocycles. The third-order valence-corrected chi connectivity index (χ3v) is 2.76. The van der Waals surface area contributed by atoms with Crippen LogP contribution in [-0.4, -0.2) is 25.1 Å². The molecule has 2 rings (SSSR count). The topological polar surface area (TPSA) is 52.6 Å². The zero-order valence-corrected chi connectivity index (χ0v) is 10.9. The summed E-state index contributed by atoms with van der Waals surface area (Å²) in [6.45, 7) is 0. The lowest BCUT2D eigenvalue weighted by Gasteiger charge is -2.16. The van der Waals surface area contributed by atoms with Crippen molar-refractivity contribution < 1.29 is 9.90 Å². The van der Waals surface area contributed by atoms with Crippen LogP contribution in [-0.2, 0) is 0 Å². The number of hydrogen-bond acceptors (Lipinski definition) is 3. The minimum atomic E-state index is -0.171. The SMILES string of the molecule is CN(C)c1ccccc1C(=O)Nc1ccc(O)cc1. The first kappa shape index (κ1) is 13.0. The summed E-state index contributed by atoms with van der Waals surface area (Å²) in [6, 6.07) is 13.8. The van der Waals surface area contributed by atoms with Crippen LogP contribution in [0.2, 0.25) is 0 Å². The molecule has 4 nitrogen and oxygen atoms in total. The molecule has 98 valence electrons. The minimum Gasteiger partial charge on any atom is -0.508 e. The molecule has 0 heterocycles. The second-order valence-corrected chi connectivity index (χ2v) is 4.41. The highest BCUT2D eigenvalue weighted by Crippen LogP contribution is 2.20. The Hall–Kier alpha value is -2.49. The van der Waals surface area contributed by atoms with Gasteiger partial charge in [-0.1, -0.05) is 12.1 Å². The molecule has 4 heteroatoms. The number of hydrogen-bond donors (Lipinski definition) is 2. The van der Waals surface area contributed by atoms with Gasteiger partial charge in [0.15, 0.2) is 0 Å². The van der Waals surface area contributed by atoms with Crippen LogP contribution in [0.15, 0.2) is 48.5 Å². The lowest BCUT2D eigenvalue weighted by atomic mass is 10.1. The predicted molar refractivity (Wildman–Crippen MR) is 76.8 cm³/mol. The van der Waals surface area contributed by atoms with E-state index in [4.69, 9.17) is 0 Å². The maximum absolute atomic E-state index is 12.2. The maximum Gasteiger partial charge on any atom is 0.257 e. The van der Waals surface area contributed by atoms with Gasteiger partial charge in [0.2, 0.25) is 0 Å². The highest BCUT2D eigenvalue weighted by atomic mass is 16.3. The van der Waals surface area contributed by atoms with E-state index < -0.39 is 0 Å². The fourth-order valence-electron chi connectivity index (χ4n) is 1.80. The van der Waals surface area contributed by atoms with Gasteiger partial charge in [-0.3, -0.25) is 4.79 Å². The van der Waals surface area contributed by atoms with Gasteiger partial charge in [-0.25, -0.2) is 0 Å². The van der Waals surface area contributed by atoms with Crippen LogP contribution in [0.1, 0.15) is 10.4 Å². The highest BCUT2D eigenvalue weighted by Gasteiger charge is 2.12. The molecule has 0 bridgehead atoms. The van der Waals surface area contributed by atoms with Gasteiger partial charge in [0.25, 0.3) is 5.91 Å². The molecular formula is C15H16N2O2. The van der Waals surface area contributed by atoms with Crippen LogP contribution in [0.3, 0.4) is 0 Å². The molecule has 0 spiro atoms. The number of anilines is 2. The van der Waals surface area contributed by atoms with E-state index in [0.717, 1.165) is 5.69 Å². The average Bonchev–Trinajstić information content (AvgIpc) is 2.41. The molecule has 0 atom stereocenters.